The highest BCUT2D eigenvalue weighted by molar-refractivity contribution is 5.34. The molecule has 0 aliphatic rings. The highest BCUT2D eigenvalue weighted by atomic mass is 19.2. The zero-order valence-corrected chi connectivity index (χ0v) is 9.75. The van der Waals surface area contributed by atoms with E-state index in [9.17, 15) is 13.2 Å². The van der Waals surface area contributed by atoms with E-state index in [1.54, 1.807) is 19.1 Å². The lowest BCUT2D eigenvalue weighted by molar-refractivity contribution is 0.506. The standard InChI is InChI=1S/C14H12F3N/c1-8-2-4-10(12(16)6-8)14(18)9-3-5-11(15)13(17)7-9/h2-7,14H,18H2,1H3. The van der Waals surface area contributed by atoms with Gasteiger partial charge in [0.2, 0.25) is 0 Å². The lowest BCUT2D eigenvalue weighted by Crippen LogP contribution is -2.14. The normalized spacial score (nSPS) is 12.5. The Bertz CT molecular complexity index is 581. The maximum Gasteiger partial charge on any atom is 0.159 e. The van der Waals surface area contributed by atoms with Crippen molar-refractivity contribution in [2.24, 2.45) is 5.73 Å². The average Bonchev–Trinajstić information content (AvgIpc) is 2.32. The Labute approximate surface area is 103 Å². The molecule has 2 aromatic rings. The quantitative estimate of drug-likeness (QED) is 0.869. The van der Waals surface area contributed by atoms with E-state index in [0.717, 1.165) is 17.7 Å². The second-order valence-electron chi connectivity index (χ2n) is 4.18. The Morgan fingerprint density at radius 2 is 1.61 bits per heavy atom. The fourth-order valence-corrected chi connectivity index (χ4v) is 1.77. The fraction of sp³-hybridized carbons (Fsp3) is 0.143. The first-order valence-electron chi connectivity index (χ1n) is 5.45. The highest BCUT2D eigenvalue weighted by Gasteiger charge is 2.15. The van der Waals surface area contributed by atoms with Gasteiger partial charge in [0.25, 0.3) is 0 Å². The van der Waals surface area contributed by atoms with E-state index >= 15 is 0 Å². The third-order valence-corrected chi connectivity index (χ3v) is 2.79. The summed E-state index contributed by atoms with van der Waals surface area (Å²) in [5.41, 5.74) is 7.22. The second kappa shape index (κ2) is 4.82. The molecule has 1 unspecified atom stereocenters. The maximum atomic E-state index is 13.7. The first kappa shape index (κ1) is 12.6. The van der Waals surface area contributed by atoms with Gasteiger partial charge in [-0.2, -0.15) is 0 Å². The molecule has 18 heavy (non-hydrogen) atoms. The summed E-state index contributed by atoms with van der Waals surface area (Å²) in [5, 5.41) is 0. The minimum absolute atomic E-state index is 0.256. The minimum atomic E-state index is -0.990. The van der Waals surface area contributed by atoms with E-state index in [4.69, 9.17) is 5.73 Å². The molecule has 0 heterocycles. The molecule has 0 aliphatic heterocycles. The van der Waals surface area contributed by atoms with Gasteiger partial charge in [0.1, 0.15) is 5.82 Å². The number of halogens is 3. The van der Waals surface area contributed by atoms with Gasteiger partial charge >= 0.3 is 0 Å². The molecular weight excluding hydrogens is 239 g/mol. The van der Waals surface area contributed by atoms with Gasteiger partial charge in [-0.05, 0) is 36.2 Å². The van der Waals surface area contributed by atoms with E-state index < -0.39 is 23.5 Å². The molecule has 2 rings (SSSR count). The van der Waals surface area contributed by atoms with Crippen molar-refractivity contribution in [1.29, 1.82) is 0 Å². The van der Waals surface area contributed by atoms with Crippen molar-refractivity contribution < 1.29 is 13.2 Å². The maximum absolute atomic E-state index is 13.7. The summed E-state index contributed by atoms with van der Waals surface area (Å²) in [6.07, 6.45) is 0. The van der Waals surface area contributed by atoms with Crippen molar-refractivity contribution in [3.05, 3.63) is 70.5 Å². The summed E-state index contributed by atoms with van der Waals surface area (Å²) in [6, 6.07) is 7.13. The van der Waals surface area contributed by atoms with Gasteiger partial charge in [-0.1, -0.05) is 18.2 Å². The SMILES string of the molecule is Cc1ccc(C(N)c2ccc(F)c(F)c2)c(F)c1. The monoisotopic (exact) mass is 251 g/mol. The van der Waals surface area contributed by atoms with Gasteiger partial charge in [-0.15, -0.1) is 0 Å². The van der Waals surface area contributed by atoms with Gasteiger partial charge in [0.15, 0.2) is 11.6 Å². The van der Waals surface area contributed by atoms with Crippen molar-refractivity contribution in [1.82, 2.24) is 0 Å². The van der Waals surface area contributed by atoms with Crippen LogP contribution in [0.2, 0.25) is 0 Å². The summed E-state index contributed by atoms with van der Waals surface area (Å²) >= 11 is 0. The summed E-state index contributed by atoms with van der Waals surface area (Å²) in [4.78, 5) is 0. The molecule has 0 spiro atoms. The van der Waals surface area contributed by atoms with Gasteiger partial charge in [0.05, 0.1) is 6.04 Å². The van der Waals surface area contributed by atoms with E-state index in [1.165, 1.54) is 12.1 Å². The topological polar surface area (TPSA) is 26.0 Å². The number of benzene rings is 2. The molecule has 0 amide bonds. The second-order valence-corrected chi connectivity index (χ2v) is 4.18. The minimum Gasteiger partial charge on any atom is -0.320 e. The first-order valence-corrected chi connectivity index (χ1v) is 5.45. The molecule has 0 fully saturated rings. The smallest absolute Gasteiger partial charge is 0.159 e. The van der Waals surface area contributed by atoms with Crippen molar-refractivity contribution >= 4 is 0 Å². The van der Waals surface area contributed by atoms with Crippen molar-refractivity contribution in [2.75, 3.05) is 0 Å². The molecule has 0 aliphatic carbocycles. The third kappa shape index (κ3) is 2.38. The number of aryl methyl sites for hydroxylation is 1. The summed E-state index contributed by atoms with van der Waals surface area (Å²) < 4.78 is 39.6. The largest absolute Gasteiger partial charge is 0.320 e. The molecule has 1 atom stereocenters. The molecule has 0 bridgehead atoms. The zero-order chi connectivity index (χ0) is 13.3. The molecule has 2 aromatic carbocycles. The molecule has 2 N–H and O–H groups in total. The fourth-order valence-electron chi connectivity index (χ4n) is 1.77. The first-order chi connectivity index (χ1) is 8.49. The summed E-state index contributed by atoms with van der Waals surface area (Å²) in [6.45, 7) is 1.76. The van der Waals surface area contributed by atoms with Crippen LogP contribution in [0.4, 0.5) is 13.2 Å². The number of hydrogen-bond acceptors (Lipinski definition) is 1. The van der Waals surface area contributed by atoms with Gasteiger partial charge in [-0.25, -0.2) is 13.2 Å². The molecule has 94 valence electrons. The summed E-state index contributed by atoms with van der Waals surface area (Å²) in [5.74, 6) is -2.39. The molecule has 0 aromatic heterocycles. The van der Waals surface area contributed by atoms with E-state index in [-0.39, 0.29) is 5.56 Å². The van der Waals surface area contributed by atoms with E-state index in [1.807, 2.05) is 0 Å². The lowest BCUT2D eigenvalue weighted by atomic mass is 9.98. The van der Waals surface area contributed by atoms with Gasteiger partial charge in [-0.3, -0.25) is 0 Å². The predicted octanol–water partition coefficient (Wildman–Crippen LogP) is 3.46. The number of rotatable bonds is 2. The molecule has 0 saturated carbocycles. The Hall–Kier alpha value is -1.81. The lowest BCUT2D eigenvalue weighted by Gasteiger charge is -2.14. The van der Waals surface area contributed by atoms with Crippen LogP contribution in [0, 0.1) is 24.4 Å². The van der Waals surface area contributed by atoms with Crippen LogP contribution in [0.25, 0.3) is 0 Å². The van der Waals surface area contributed by atoms with Crippen LogP contribution in [0.1, 0.15) is 22.7 Å². The Morgan fingerprint density at radius 3 is 2.22 bits per heavy atom. The van der Waals surface area contributed by atoms with Crippen molar-refractivity contribution in [3.8, 4) is 0 Å². The Balaban J connectivity index is 2.41. The number of hydrogen-bond donors (Lipinski definition) is 1. The van der Waals surface area contributed by atoms with Gasteiger partial charge < -0.3 is 5.73 Å². The summed E-state index contributed by atoms with van der Waals surface area (Å²) in [7, 11) is 0. The molecule has 4 heteroatoms. The molecular formula is C14H12F3N. The van der Waals surface area contributed by atoms with Crippen LogP contribution in [0.15, 0.2) is 36.4 Å². The van der Waals surface area contributed by atoms with Crippen molar-refractivity contribution in [2.45, 2.75) is 13.0 Å². The van der Waals surface area contributed by atoms with Crippen molar-refractivity contribution in [3.63, 3.8) is 0 Å². The van der Waals surface area contributed by atoms with E-state index in [2.05, 4.69) is 0 Å². The number of nitrogens with two attached hydrogens (primary N) is 1. The van der Waals surface area contributed by atoms with Crippen LogP contribution < -0.4 is 5.73 Å². The average molecular weight is 251 g/mol. The predicted molar refractivity (Wildman–Crippen MR) is 63.5 cm³/mol. The van der Waals surface area contributed by atoms with Crippen LogP contribution in [0.3, 0.4) is 0 Å². The molecule has 1 nitrogen and oxygen atoms in total. The van der Waals surface area contributed by atoms with Crippen LogP contribution in [0.5, 0.6) is 0 Å². The third-order valence-electron chi connectivity index (χ3n) is 2.79. The van der Waals surface area contributed by atoms with Gasteiger partial charge in [0, 0.05) is 5.56 Å². The highest BCUT2D eigenvalue weighted by Crippen LogP contribution is 2.24. The van der Waals surface area contributed by atoms with Crippen LogP contribution in [-0.4, -0.2) is 0 Å². The zero-order valence-electron chi connectivity index (χ0n) is 9.75. The Morgan fingerprint density at radius 1 is 0.889 bits per heavy atom. The van der Waals surface area contributed by atoms with Crippen LogP contribution in [-0.2, 0) is 0 Å². The Kier molecular flexibility index (Phi) is 3.39. The molecule has 0 radical (unpaired) electrons. The van der Waals surface area contributed by atoms with E-state index in [0.29, 0.717) is 5.56 Å². The molecule has 0 saturated heterocycles. The van der Waals surface area contributed by atoms with Crippen LogP contribution >= 0.6 is 0 Å².